The highest BCUT2D eigenvalue weighted by atomic mass is 14.8. The first-order valence-electron chi connectivity index (χ1n) is 15.7. The lowest BCUT2D eigenvalue weighted by Crippen LogP contribution is -2.20. The van der Waals surface area contributed by atoms with Gasteiger partial charge in [0.15, 0.2) is 0 Å². The Bertz CT molecular complexity index is 1550. The van der Waals surface area contributed by atoms with Crippen molar-refractivity contribution < 1.29 is 0 Å². The van der Waals surface area contributed by atoms with Crippen LogP contribution in [0.2, 0.25) is 0 Å². The molecular weight excluding hydrogens is 536 g/mol. The monoisotopic (exact) mass is 584 g/mol. The number of allylic oxidation sites excluding steroid dienone is 8. The van der Waals surface area contributed by atoms with Crippen LogP contribution in [0.15, 0.2) is 143 Å². The first-order chi connectivity index (χ1) is 21.5. The second kappa shape index (κ2) is 18.1. The summed E-state index contributed by atoms with van der Waals surface area (Å²) in [5.41, 5.74) is 16.6. The fourth-order valence-corrected chi connectivity index (χ4v) is 4.97. The molecule has 0 aliphatic heterocycles. The Morgan fingerprint density at radius 1 is 0.955 bits per heavy atom. The molecule has 4 heteroatoms. The van der Waals surface area contributed by atoms with Gasteiger partial charge in [-0.05, 0) is 67.2 Å². The number of benzene rings is 3. The number of nitrogens with zero attached hydrogens (tertiary/aromatic N) is 2. The molecule has 0 amide bonds. The fourth-order valence-electron chi connectivity index (χ4n) is 4.97. The minimum absolute atomic E-state index is 0.0455. The highest BCUT2D eigenvalue weighted by molar-refractivity contribution is 6.53. The third-order valence-corrected chi connectivity index (χ3v) is 7.20. The molecule has 4 rings (SSSR count). The van der Waals surface area contributed by atoms with Gasteiger partial charge in [-0.25, -0.2) is 0 Å². The molecule has 4 nitrogen and oxygen atoms in total. The van der Waals surface area contributed by atoms with E-state index in [9.17, 15) is 0 Å². The summed E-state index contributed by atoms with van der Waals surface area (Å²) in [4.78, 5) is 10.6. The Balaban J connectivity index is 0.00000259. The third-order valence-electron chi connectivity index (χ3n) is 7.20. The number of aliphatic imine (C=N–C) groups is 2. The standard InChI is InChI=1S/C38H42N4.C2H6/c1-5-14-29(15-6-2)27-41-37(32-18-11-8-12-19-32)38(42-28(3)30-16-9-7-10-17-30)33-21-13-20-31(22-23-33)35-26-34(40-4)24-25-36(35)39;1-2/h5,7-20,22-26,28,40H,6,21,27,39H2,1-4H3;1-2H3/b14-5-,29-15+,41-37?,42-38?;. The van der Waals surface area contributed by atoms with E-state index in [0.29, 0.717) is 6.54 Å². The van der Waals surface area contributed by atoms with Gasteiger partial charge in [0.25, 0.3) is 0 Å². The predicted octanol–water partition coefficient (Wildman–Crippen LogP) is 10.2. The normalized spacial score (nSPS) is 14.7. The van der Waals surface area contributed by atoms with Gasteiger partial charge in [-0.15, -0.1) is 0 Å². The largest absolute Gasteiger partial charge is 0.398 e. The van der Waals surface area contributed by atoms with Crippen molar-refractivity contribution in [2.75, 3.05) is 24.6 Å². The summed E-state index contributed by atoms with van der Waals surface area (Å²) in [6.07, 6.45) is 16.8. The van der Waals surface area contributed by atoms with Crippen LogP contribution in [0.25, 0.3) is 5.57 Å². The number of hydrogen-bond donors (Lipinski definition) is 2. The molecule has 0 aromatic heterocycles. The molecule has 3 aromatic rings. The molecule has 0 saturated heterocycles. The average molecular weight is 585 g/mol. The molecule has 44 heavy (non-hydrogen) atoms. The van der Waals surface area contributed by atoms with Crippen LogP contribution in [0.3, 0.4) is 0 Å². The van der Waals surface area contributed by atoms with Gasteiger partial charge in [0, 0.05) is 29.5 Å². The molecule has 228 valence electrons. The van der Waals surface area contributed by atoms with Crippen molar-refractivity contribution in [1.29, 1.82) is 0 Å². The lowest BCUT2D eigenvalue weighted by Gasteiger charge is -2.17. The van der Waals surface area contributed by atoms with Gasteiger partial charge >= 0.3 is 0 Å². The lowest BCUT2D eigenvalue weighted by molar-refractivity contribution is 0.821. The van der Waals surface area contributed by atoms with Crippen molar-refractivity contribution in [3.05, 3.63) is 149 Å². The van der Waals surface area contributed by atoms with E-state index in [4.69, 9.17) is 15.7 Å². The number of rotatable bonds is 11. The summed E-state index contributed by atoms with van der Waals surface area (Å²) in [5.74, 6) is 0. The van der Waals surface area contributed by atoms with Crippen molar-refractivity contribution in [3.8, 4) is 0 Å². The summed E-state index contributed by atoms with van der Waals surface area (Å²) in [6.45, 7) is 10.9. The van der Waals surface area contributed by atoms with Crippen molar-refractivity contribution in [2.45, 2.75) is 53.5 Å². The lowest BCUT2D eigenvalue weighted by atomic mass is 9.96. The van der Waals surface area contributed by atoms with Crippen molar-refractivity contribution in [3.63, 3.8) is 0 Å². The zero-order chi connectivity index (χ0) is 31.7. The maximum Gasteiger partial charge on any atom is 0.0905 e. The van der Waals surface area contributed by atoms with Gasteiger partial charge in [-0.2, -0.15) is 0 Å². The quantitative estimate of drug-likeness (QED) is 0.134. The van der Waals surface area contributed by atoms with Gasteiger partial charge in [0.05, 0.1) is 24.0 Å². The number of anilines is 2. The molecule has 0 radical (unpaired) electrons. The molecule has 0 heterocycles. The molecule has 1 aliphatic carbocycles. The second-order valence-electron chi connectivity index (χ2n) is 10.3. The number of nitrogens with two attached hydrogens (primary N) is 1. The number of nitrogens with one attached hydrogen (secondary N) is 1. The van der Waals surface area contributed by atoms with E-state index < -0.39 is 0 Å². The Morgan fingerprint density at radius 2 is 1.66 bits per heavy atom. The van der Waals surface area contributed by atoms with Gasteiger partial charge in [-0.3, -0.25) is 9.98 Å². The van der Waals surface area contributed by atoms with E-state index >= 15 is 0 Å². The minimum atomic E-state index is -0.0455. The Kier molecular flexibility index (Phi) is 13.9. The zero-order valence-corrected chi connectivity index (χ0v) is 27.2. The highest BCUT2D eigenvalue weighted by Gasteiger charge is 2.19. The Hall–Kier alpha value is -4.70. The summed E-state index contributed by atoms with van der Waals surface area (Å²) in [6, 6.07) is 26.9. The van der Waals surface area contributed by atoms with Crippen LogP contribution in [0.1, 0.15) is 70.2 Å². The van der Waals surface area contributed by atoms with E-state index in [2.05, 4.69) is 116 Å². The first-order valence-corrected chi connectivity index (χ1v) is 15.7. The van der Waals surface area contributed by atoms with Gasteiger partial charge in [-0.1, -0.05) is 124 Å². The van der Waals surface area contributed by atoms with Crippen molar-refractivity contribution >= 4 is 28.4 Å². The van der Waals surface area contributed by atoms with Crippen LogP contribution >= 0.6 is 0 Å². The average Bonchev–Trinajstić information content (AvgIpc) is 3.32. The van der Waals surface area contributed by atoms with E-state index in [0.717, 1.165) is 57.9 Å². The van der Waals surface area contributed by atoms with Gasteiger partial charge in [0.2, 0.25) is 0 Å². The molecule has 1 unspecified atom stereocenters. The molecule has 0 bridgehead atoms. The van der Waals surface area contributed by atoms with Gasteiger partial charge < -0.3 is 11.1 Å². The SMILES string of the molecule is C/C=C\C(=C/CC)CN=C(C(=NC(C)c1ccccc1)C1=CC=C(c2cc(NC)ccc2N)C=CC1)c1ccccc1.CC. The van der Waals surface area contributed by atoms with Crippen molar-refractivity contribution in [2.24, 2.45) is 9.98 Å². The Morgan fingerprint density at radius 3 is 2.32 bits per heavy atom. The van der Waals surface area contributed by atoms with Crippen LogP contribution in [-0.2, 0) is 0 Å². The van der Waals surface area contributed by atoms with E-state index in [1.54, 1.807) is 0 Å². The van der Waals surface area contributed by atoms with E-state index in [1.165, 1.54) is 11.1 Å². The maximum absolute atomic E-state index is 6.42. The van der Waals surface area contributed by atoms with Crippen LogP contribution in [0.5, 0.6) is 0 Å². The molecule has 0 spiro atoms. The molecule has 3 N–H and O–H groups in total. The van der Waals surface area contributed by atoms with Crippen LogP contribution in [0.4, 0.5) is 11.4 Å². The second-order valence-corrected chi connectivity index (χ2v) is 10.3. The Labute approximate surface area is 265 Å². The van der Waals surface area contributed by atoms with Crippen LogP contribution in [-0.4, -0.2) is 25.0 Å². The van der Waals surface area contributed by atoms with Crippen molar-refractivity contribution in [1.82, 2.24) is 0 Å². The zero-order valence-electron chi connectivity index (χ0n) is 27.2. The molecule has 1 aliphatic rings. The van der Waals surface area contributed by atoms with E-state index in [1.807, 2.05) is 52.1 Å². The molecule has 0 fully saturated rings. The first kappa shape index (κ1) is 33.8. The topological polar surface area (TPSA) is 62.8 Å². The van der Waals surface area contributed by atoms with Crippen LogP contribution in [0, 0.1) is 0 Å². The summed E-state index contributed by atoms with van der Waals surface area (Å²) in [5, 5.41) is 3.22. The summed E-state index contributed by atoms with van der Waals surface area (Å²) in [7, 11) is 1.92. The molecule has 1 atom stereocenters. The van der Waals surface area contributed by atoms with E-state index in [-0.39, 0.29) is 6.04 Å². The fraction of sp³-hybridized carbons (Fsp3) is 0.250. The minimum Gasteiger partial charge on any atom is -0.398 e. The number of hydrogen-bond acceptors (Lipinski definition) is 4. The summed E-state index contributed by atoms with van der Waals surface area (Å²) < 4.78 is 0. The molecular formula is C40H48N4. The molecule has 0 saturated carbocycles. The van der Waals surface area contributed by atoms with Crippen LogP contribution < -0.4 is 11.1 Å². The predicted molar refractivity (Wildman–Crippen MR) is 195 cm³/mol. The summed E-state index contributed by atoms with van der Waals surface area (Å²) >= 11 is 0. The third kappa shape index (κ3) is 9.40. The molecule has 3 aromatic carbocycles. The number of nitrogen functional groups attached to an aromatic ring is 1. The highest BCUT2D eigenvalue weighted by Crippen LogP contribution is 2.29. The smallest absolute Gasteiger partial charge is 0.0905 e. The van der Waals surface area contributed by atoms with Gasteiger partial charge in [0.1, 0.15) is 0 Å². The maximum atomic E-state index is 6.42.